The number of halogens is 1. The topological polar surface area (TPSA) is 58.6 Å². The average Bonchev–Trinajstić information content (AvgIpc) is 2.56. The van der Waals surface area contributed by atoms with Gasteiger partial charge >= 0.3 is 6.09 Å². The Balaban J connectivity index is 2.37. The zero-order valence-corrected chi connectivity index (χ0v) is 13.6. The van der Waals surface area contributed by atoms with Gasteiger partial charge in [-0.3, -0.25) is 4.79 Å². The summed E-state index contributed by atoms with van der Waals surface area (Å²) < 4.78 is 5.18. The van der Waals surface area contributed by atoms with E-state index in [0.29, 0.717) is 18.9 Å². The maximum Gasteiger partial charge on any atom is 0.407 e. The number of carbonyl (C=O) groups is 2. The lowest BCUT2D eigenvalue weighted by Gasteiger charge is -2.24. The van der Waals surface area contributed by atoms with E-state index in [-0.39, 0.29) is 11.9 Å². The lowest BCUT2D eigenvalue weighted by molar-refractivity contribution is -0.128. The molecule has 5 nitrogen and oxygen atoms in total. The Labute approximate surface area is 123 Å². The zero-order valence-electron chi connectivity index (χ0n) is 12.0. The number of amides is 2. The molecule has 0 radical (unpaired) electrons. The summed E-state index contributed by atoms with van der Waals surface area (Å²) in [5.74, 6) is 0.531. The SMILES string of the molecule is CC(CN1CC(CBr)CC1=O)NC(=O)OC(C)(C)C. The van der Waals surface area contributed by atoms with E-state index in [1.807, 2.05) is 27.7 Å². The van der Waals surface area contributed by atoms with E-state index in [1.165, 1.54) is 0 Å². The normalized spacial score (nSPS) is 21.4. The van der Waals surface area contributed by atoms with E-state index >= 15 is 0 Å². The van der Waals surface area contributed by atoms with Gasteiger partial charge in [0.25, 0.3) is 0 Å². The number of likely N-dealkylation sites (tertiary alicyclic amines) is 1. The van der Waals surface area contributed by atoms with Crippen LogP contribution in [0.3, 0.4) is 0 Å². The van der Waals surface area contributed by atoms with Crippen molar-refractivity contribution in [2.75, 3.05) is 18.4 Å². The molecule has 1 aliphatic rings. The maximum absolute atomic E-state index is 11.8. The van der Waals surface area contributed by atoms with E-state index in [0.717, 1.165) is 11.9 Å². The van der Waals surface area contributed by atoms with Crippen LogP contribution in [0.5, 0.6) is 0 Å². The van der Waals surface area contributed by atoms with Crippen LogP contribution in [0.4, 0.5) is 4.79 Å². The van der Waals surface area contributed by atoms with Crippen molar-refractivity contribution in [3.05, 3.63) is 0 Å². The van der Waals surface area contributed by atoms with Crippen molar-refractivity contribution in [3.63, 3.8) is 0 Å². The molecule has 0 aromatic rings. The van der Waals surface area contributed by atoms with Crippen molar-refractivity contribution >= 4 is 27.9 Å². The first-order valence-electron chi connectivity index (χ1n) is 6.54. The molecule has 1 fully saturated rings. The summed E-state index contributed by atoms with van der Waals surface area (Å²) in [5, 5.41) is 3.59. The Morgan fingerprint density at radius 3 is 2.68 bits per heavy atom. The molecule has 0 saturated carbocycles. The molecule has 1 N–H and O–H groups in total. The van der Waals surface area contributed by atoms with Crippen molar-refractivity contribution in [1.29, 1.82) is 0 Å². The van der Waals surface area contributed by atoms with Crippen LogP contribution in [-0.2, 0) is 9.53 Å². The first-order chi connectivity index (χ1) is 8.71. The molecule has 1 rings (SSSR count). The fourth-order valence-electron chi connectivity index (χ4n) is 2.02. The van der Waals surface area contributed by atoms with Crippen LogP contribution in [0.2, 0.25) is 0 Å². The second kappa shape index (κ2) is 6.59. The molecule has 19 heavy (non-hydrogen) atoms. The fourth-order valence-corrected chi connectivity index (χ4v) is 2.45. The van der Waals surface area contributed by atoms with Gasteiger partial charge in [-0.15, -0.1) is 0 Å². The third-order valence-electron chi connectivity index (χ3n) is 2.77. The van der Waals surface area contributed by atoms with E-state index in [4.69, 9.17) is 4.74 Å². The van der Waals surface area contributed by atoms with Crippen molar-refractivity contribution < 1.29 is 14.3 Å². The van der Waals surface area contributed by atoms with Crippen LogP contribution in [0.25, 0.3) is 0 Å². The Morgan fingerprint density at radius 2 is 2.21 bits per heavy atom. The Morgan fingerprint density at radius 1 is 1.58 bits per heavy atom. The summed E-state index contributed by atoms with van der Waals surface area (Å²) >= 11 is 3.40. The highest BCUT2D eigenvalue weighted by molar-refractivity contribution is 9.09. The first-order valence-corrected chi connectivity index (χ1v) is 7.66. The van der Waals surface area contributed by atoms with Crippen LogP contribution in [0.15, 0.2) is 0 Å². The molecule has 1 heterocycles. The Hall–Kier alpha value is -0.780. The van der Waals surface area contributed by atoms with Gasteiger partial charge in [-0.25, -0.2) is 4.79 Å². The second-order valence-corrected chi connectivity index (χ2v) is 6.72. The molecule has 1 saturated heterocycles. The number of hydrogen-bond acceptors (Lipinski definition) is 3. The summed E-state index contributed by atoms with van der Waals surface area (Å²) in [7, 11) is 0. The van der Waals surface area contributed by atoms with Crippen LogP contribution in [0.1, 0.15) is 34.1 Å². The van der Waals surface area contributed by atoms with Crippen molar-refractivity contribution in [2.45, 2.75) is 45.8 Å². The molecule has 0 bridgehead atoms. The molecule has 110 valence electrons. The van der Waals surface area contributed by atoms with Gasteiger partial charge in [0.1, 0.15) is 5.60 Å². The minimum Gasteiger partial charge on any atom is -0.444 e. The largest absolute Gasteiger partial charge is 0.444 e. The maximum atomic E-state index is 11.8. The van der Waals surface area contributed by atoms with Gasteiger partial charge < -0.3 is 15.0 Å². The number of nitrogens with zero attached hydrogens (tertiary/aromatic N) is 1. The number of nitrogens with one attached hydrogen (secondary N) is 1. The number of hydrogen-bond donors (Lipinski definition) is 1. The molecule has 1 aliphatic heterocycles. The molecule has 0 aliphatic carbocycles. The summed E-state index contributed by atoms with van der Waals surface area (Å²) in [5.41, 5.74) is -0.506. The summed E-state index contributed by atoms with van der Waals surface area (Å²) in [6.07, 6.45) is 0.147. The highest BCUT2D eigenvalue weighted by Crippen LogP contribution is 2.19. The smallest absolute Gasteiger partial charge is 0.407 e. The molecule has 6 heteroatoms. The standard InChI is InChI=1S/C13H23BrN2O3/c1-9(15-12(18)19-13(2,3)4)7-16-8-10(6-14)5-11(16)17/h9-10H,5-8H2,1-4H3,(H,15,18). The first kappa shape index (κ1) is 16.3. The van der Waals surface area contributed by atoms with Crippen molar-refractivity contribution in [1.82, 2.24) is 10.2 Å². The van der Waals surface area contributed by atoms with Crippen LogP contribution in [-0.4, -0.2) is 47.0 Å². The summed E-state index contributed by atoms with van der Waals surface area (Å²) in [6.45, 7) is 8.62. The van der Waals surface area contributed by atoms with Crippen LogP contribution < -0.4 is 5.32 Å². The summed E-state index contributed by atoms with van der Waals surface area (Å²) in [6, 6.07) is -0.118. The molecule has 2 unspecified atom stereocenters. The van der Waals surface area contributed by atoms with Gasteiger partial charge in [-0.1, -0.05) is 15.9 Å². The second-order valence-electron chi connectivity index (χ2n) is 6.07. The highest BCUT2D eigenvalue weighted by Gasteiger charge is 2.30. The van der Waals surface area contributed by atoms with E-state index in [9.17, 15) is 9.59 Å². The molecule has 0 spiro atoms. The predicted molar refractivity (Wildman–Crippen MR) is 77.3 cm³/mol. The molecule has 2 amide bonds. The van der Waals surface area contributed by atoms with Gasteiger partial charge in [0, 0.05) is 30.9 Å². The minimum atomic E-state index is -0.506. The van der Waals surface area contributed by atoms with Crippen LogP contribution in [0, 0.1) is 5.92 Å². The van der Waals surface area contributed by atoms with Gasteiger partial charge in [0.2, 0.25) is 5.91 Å². The lowest BCUT2D eigenvalue weighted by atomic mass is 10.2. The van der Waals surface area contributed by atoms with E-state index in [2.05, 4.69) is 21.2 Å². The number of alkyl halides is 1. The third kappa shape index (κ3) is 5.80. The minimum absolute atomic E-state index is 0.118. The predicted octanol–water partition coefficient (Wildman–Crippen LogP) is 2.14. The van der Waals surface area contributed by atoms with Gasteiger partial charge in [0.05, 0.1) is 0 Å². The van der Waals surface area contributed by atoms with Gasteiger partial charge in [-0.2, -0.15) is 0 Å². The van der Waals surface area contributed by atoms with Crippen molar-refractivity contribution in [3.8, 4) is 0 Å². The molecule has 0 aromatic carbocycles. The molecule has 0 aromatic heterocycles. The van der Waals surface area contributed by atoms with E-state index < -0.39 is 11.7 Å². The number of ether oxygens (including phenoxy) is 1. The highest BCUT2D eigenvalue weighted by atomic mass is 79.9. The fraction of sp³-hybridized carbons (Fsp3) is 0.846. The van der Waals surface area contributed by atoms with Gasteiger partial charge in [0.15, 0.2) is 0 Å². The van der Waals surface area contributed by atoms with Crippen molar-refractivity contribution in [2.24, 2.45) is 5.92 Å². The summed E-state index contributed by atoms with van der Waals surface area (Å²) in [4.78, 5) is 25.2. The van der Waals surface area contributed by atoms with Crippen LogP contribution >= 0.6 is 15.9 Å². The Bertz CT molecular complexity index is 341. The molecular formula is C13H23BrN2O3. The molecule has 2 atom stereocenters. The third-order valence-corrected chi connectivity index (χ3v) is 3.69. The average molecular weight is 335 g/mol. The monoisotopic (exact) mass is 334 g/mol. The lowest BCUT2D eigenvalue weighted by Crippen LogP contribution is -2.44. The number of carbonyl (C=O) groups excluding carboxylic acids is 2. The Kier molecular flexibility index (Phi) is 5.64. The molecular weight excluding hydrogens is 312 g/mol. The zero-order chi connectivity index (χ0) is 14.6. The quantitative estimate of drug-likeness (QED) is 0.801. The number of alkyl carbamates (subject to hydrolysis) is 1. The van der Waals surface area contributed by atoms with E-state index in [1.54, 1.807) is 4.90 Å². The number of rotatable bonds is 4. The van der Waals surface area contributed by atoms with Gasteiger partial charge in [-0.05, 0) is 33.6 Å².